The highest BCUT2D eigenvalue weighted by atomic mass is 79.9. The van der Waals surface area contributed by atoms with Crippen LogP contribution in [0.1, 0.15) is 18.9 Å². The molecular weight excluding hydrogens is 334 g/mol. The summed E-state index contributed by atoms with van der Waals surface area (Å²) in [5.41, 5.74) is 1.21. The lowest BCUT2D eigenvalue weighted by Gasteiger charge is -2.44. The van der Waals surface area contributed by atoms with E-state index in [9.17, 15) is 0 Å². The zero-order valence-corrected chi connectivity index (χ0v) is 14.5. The van der Waals surface area contributed by atoms with E-state index < -0.39 is 0 Å². The van der Waals surface area contributed by atoms with Crippen LogP contribution in [-0.2, 0) is 9.47 Å². The molecule has 0 amide bonds. The molecule has 4 nitrogen and oxygen atoms in total. The Balaban J connectivity index is 1.94. The minimum atomic E-state index is 0.0771. The van der Waals surface area contributed by atoms with Gasteiger partial charge in [0.2, 0.25) is 0 Å². The van der Waals surface area contributed by atoms with E-state index >= 15 is 0 Å². The summed E-state index contributed by atoms with van der Waals surface area (Å²) in [5, 5.41) is 3.44. The summed E-state index contributed by atoms with van der Waals surface area (Å²) in [4.78, 5) is 0. The maximum atomic E-state index is 6.10. The van der Waals surface area contributed by atoms with Crippen molar-refractivity contribution in [3.05, 3.63) is 28.2 Å². The number of ether oxygens (including phenoxy) is 3. The number of rotatable bonds is 8. The second kappa shape index (κ2) is 8.13. The smallest absolute Gasteiger partial charge is 0.134 e. The van der Waals surface area contributed by atoms with Crippen molar-refractivity contribution in [1.29, 1.82) is 0 Å². The van der Waals surface area contributed by atoms with Crippen LogP contribution in [0.5, 0.6) is 5.75 Å². The Morgan fingerprint density at radius 2 is 2.14 bits per heavy atom. The van der Waals surface area contributed by atoms with Crippen LogP contribution >= 0.6 is 15.9 Å². The fraction of sp³-hybridized carbons (Fsp3) is 0.625. The van der Waals surface area contributed by atoms with Crippen LogP contribution < -0.4 is 10.1 Å². The van der Waals surface area contributed by atoms with Gasteiger partial charge in [-0.05, 0) is 47.1 Å². The molecule has 1 saturated carbocycles. The maximum absolute atomic E-state index is 6.10. The summed E-state index contributed by atoms with van der Waals surface area (Å²) in [6.45, 7) is 6.32. The third-order valence-electron chi connectivity index (χ3n) is 3.68. The molecule has 0 spiro atoms. The first kappa shape index (κ1) is 16.7. The Labute approximate surface area is 135 Å². The SMILES string of the molecule is CCNC1CC(Oc2ccc(C)cc2Br)C1OCCOC. The lowest BCUT2D eigenvalue weighted by Crippen LogP contribution is -2.61. The molecule has 0 aliphatic heterocycles. The van der Waals surface area contributed by atoms with Crippen molar-refractivity contribution in [2.75, 3.05) is 26.9 Å². The van der Waals surface area contributed by atoms with E-state index in [0.29, 0.717) is 19.3 Å². The number of hydrogen-bond donors (Lipinski definition) is 1. The molecule has 5 heteroatoms. The molecule has 0 aromatic heterocycles. The Morgan fingerprint density at radius 1 is 1.33 bits per heavy atom. The van der Waals surface area contributed by atoms with Crippen LogP contribution in [0.15, 0.2) is 22.7 Å². The van der Waals surface area contributed by atoms with Gasteiger partial charge in [0.25, 0.3) is 0 Å². The van der Waals surface area contributed by atoms with E-state index in [1.807, 2.05) is 6.07 Å². The number of methoxy groups -OCH3 is 1. The zero-order valence-electron chi connectivity index (χ0n) is 12.9. The Morgan fingerprint density at radius 3 is 2.81 bits per heavy atom. The largest absolute Gasteiger partial charge is 0.486 e. The van der Waals surface area contributed by atoms with Crippen LogP contribution in [-0.4, -0.2) is 45.1 Å². The van der Waals surface area contributed by atoms with Crippen molar-refractivity contribution < 1.29 is 14.2 Å². The zero-order chi connectivity index (χ0) is 15.2. The highest BCUT2D eigenvalue weighted by Gasteiger charge is 2.43. The Bertz CT molecular complexity index is 455. The normalized spacial score (nSPS) is 24.7. The minimum Gasteiger partial charge on any atom is -0.486 e. The first-order valence-corrected chi connectivity index (χ1v) is 8.21. The Kier molecular flexibility index (Phi) is 6.48. The van der Waals surface area contributed by atoms with E-state index in [2.05, 4.69) is 47.2 Å². The minimum absolute atomic E-state index is 0.0771. The molecule has 0 heterocycles. The number of hydrogen-bond acceptors (Lipinski definition) is 4. The molecule has 118 valence electrons. The van der Waals surface area contributed by atoms with Gasteiger partial charge in [-0.2, -0.15) is 0 Å². The van der Waals surface area contributed by atoms with Gasteiger partial charge in [-0.3, -0.25) is 0 Å². The summed E-state index contributed by atoms with van der Waals surface area (Å²) in [7, 11) is 1.68. The molecule has 1 aliphatic carbocycles. The molecule has 1 fully saturated rings. The van der Waals surface area contributed by atoms with Crippen LogP contribution in [0.2, 0.25) is 0 Å². The predicted molar refractivity (Wildman–Crippen MR) is 87.0 cm³/mol. The first-order chi connectivity index (χ1) is 10.2. The third kappa shape index (κ3) is 4.42. The van der Waals surface area contributed by atoms with Crippen molar-refractivity contribution in [1.82, 2.24) is 5.32 Å². The van der Waals surface area contributed by atoms with Crippen LogP contribution in [0.25, 0.3) is 0 Å². The van der Waals surface area contributed by atoms with E-state index in [1.54, 1.807) is 7.11 Å². The quantitative estimate of drug-likeness (QED) is 0.726. The number of halogens is 1. The van der Waals surface area contributed by atoms with E-state index in [4.69, 9.17) is 14.2 Å². The van der Waals surface area contributed by atoms with E-state index in [-0.39, 0.29) is 12.2 Å². The van der Waals surface area contributed by atoms with Gasteiger partial charge in [0, 0.05) is 19.6 Å². The molecule has 1 aromatic carbocycles. The monoisotopic (exact) mass is 357 g/mol. The average Bonchev–Trinajstić information content (AvgIpc) is 2.44. The summed E-state index contributed by atoms with van der Waals surface area (Å²) in [6, 6.07) is 6.49. The molecule has 3 atom stereocenters. The molecule has 2 rings (SSSR count). The second-order valence-electron chi connectivity index (χ2n) is 5.32. The predicted octanol–water partition coefficient (Wildman–Crippen LogP) is 2.92. The first-order valence-electron chi connectivity index (χ1n) is 7.42. The fourth-order valence-corrected chi connectivity index (χ4v) is 3.10. The molecule has 21 heavy (non-hydrogen) atoms. The van der Waals surface area contributed by atoms with Gasteiger partial charge in [0.1, 0.15) is 18.0 Å². The van der Waals surface area contributed by atoms with Gasteiger partial charge in [0.15, 0.2) is 0 Å². The van der Waals surface area contributed by atoms with Gasteiger partial charge in [-0.15, -0.1) is 0 Å². The lowest BCUT2D eigenvalue weighted by molar-refractivity contribution is -0.115. The third-order valence-corrected chi connectivity index (χ3v) is 4.30. The highest BCUT2D eigenvalue weighted by molar-refractivity contribution is 9.10. The Hall–Kier alpha value is -0.620. The molecule has 1 aromatic rings. The standard InChI is InChI=1S/C16H24BrNO3/c1-4-18-13-10-15(16(13)20-8-7-19-3)21-14-6-5-11(2)9-12(14)17/h5-6,9,13,15-16,18H,4,7-8,10H2,1-3H3. The van der Waals surface area contributed by atoms with Crippen molar-refractivity contribution in [3.63, 3.8) is 0 Å². The molecule has 3 unspecified atom stereocenters. The second-order valence-corrected chi connectivity index (χ2v) is 6.17. The maximum Gasteiger partial charge on any atom is 0.134 e. The van der Waals surface area contributed by atoms with Crippen LogP contribution in [0, 0.1) is 6.92 Å². The molecular formula is C16H24BrNO3. The number of likely N-dealkylation sites (N-methyl/N-ethyl adjacent to an activating group) is 1. The molecule has 1 N–H and O–H groups in total. The van der Waals surface area contributed by atoms with Crippen molar-refractivity contribution in [2.24, 2.45) is 0 Å². The molecule has 0 radical (unpaired) electrons. The highest BCUT2D eigenvalue weighted by Crippen LogP contribution is 2.33. The van der Waals surface area contributed by atoms with E-state index in [1.165, 1.54) is 5.56 Å². The topological polar surface area (TPSA) is 39.7 Å². The van der Waals surface area contributed by atoms with Crippen LogP contribution in [0.4, 0.5) is 0 Å². The van der Waals surface area contributed by atoms with Crippen molar-refractivity contribution in [2.45, 2.75) is 38.5 Å². The van der Waals surface area contributed by atoms with Gasteiger partial charge >= 0.3 is 0 Å². The van der Waals surface area contributed by atoms with Crippen molar-refractivity contribution in [3.8, 4) is 5.75 Å². The van der Waals surface area contributed by atoms with Gasteiger partial charge in [-0.1, -0.05) is 13.0 Å². The fourth-order valence-electron chi connectivity index (χ4n) is 2.51. The molecule has 0 saturated heterocycles. The molecule has 0 bridgehead atoms. The van der Waals surface area contributed by atoms with E-state index in [0.717, 1.165) is 23.2 Å². The summed E-state index contributed by atoms with van der Waals surface area (Å²) in [6.07, 6.45) is 1.13. The van der Waals surface area contributed by atoms with Crippen LogP contribution in [0.3, 0.4) is 0 Å². The van der Waals surface area contributed by atoms with Gasteiger partial charge in [0.05, 0.1) is 17.7 Å². The lowest BCUT2D eigenvalue weighted by atomic mass is 9.85. The van der Waals surface area contributed by atoms with Gasteiger partial charge in [-0.25, -0.2) is 0 Å². The van der Waals surface area contributed by atoms with Gasteiger partial charge < -0.3 is 19.5 Å². The number of aryl methyl sites for hydroxylation is 1. The summed E-state index contributed by atoms with van der Waals surface area (Å²) in [5.74, 6) is 0.876. The average molecular weight is 358 g/mol. The molecule has 1 aliphatic rings. The number of nitrogens with one attached hydrogen (secondary N) is 1. The van der Waals surface area contributed by atoms with Crippen molar-refractivity contribution >= 4 is 15.9 Å². The summed E-state index contributed by atoms with van der Waals surface area (Å²) < 4.78 is 18.0. The summed E-state index contributed by atoms with van der Waals surface area (Å²) >= 11 is 3.56. The number of benzene rings is 1.